The molecule has 27 heavy (non-hydrogen) atoms. The molecule has 0 radical (unpaired) electrons. The Hall–Kier alpha value is -2.91. The van der Waals surface area contributed by atoms with Crippen LogP contribution >= 0.6 is 11.6 Å². The number of aromatic nitrogens is 2. The number of carbonyl (C=O) groups is 1. The zero-order chi connectivity index (χ0) is 19.6. The molecule has 0 aliphatic heterocycles. The number of esters is 1. The second-order valence-corrected chi connectivity index (χ2v) is 7.43. The van der Waals surface area contributed by atoms with Crippen molar-refractivity contribution in [2.24, 2.45) is 0 Å². The first kappa shape index (κ1) is 18.9. The van der Waals surface area contributed by atoms with Crippen LogP contribution in [0.4, 0.5) is 10.1 Å². The number of methoxy groups -OCH3 is 1. The Bertz CT molecular complexity index is 1110. The number of hydrogen-bond acceptors (Lipinski definition) is 5. The maximum atomic E-state index is 14.0. The molecule has 0 amide bonds. The molecule has 10 heteroatoms. The highest BCUT2D eigenvalue weighted by molar-refractivity contribution is 7.92. The van der Waals surface area contributed by atoms with Crippen molar-refractivity contribution < 1.29 is 22.3 Å². The Morgan fingerprint density at radius 2 is 2.00 bits per heavy atom. The molecule has 0 fully saturated rings. The summed E-state index contributed by atoms with van der Waals surface area (Å²) in [6.45, 7) is 0. The number of anilines is 1. The van der Waals surface area contributed by atoms with Crippen LogP contribution in [0, 0.1) is 5.82 Å². The molecular weight excluding hydrogens is 397 g/mol. The molecule has 0 aliphatic rings. The van der Waals surface area contributed by atoms with Crippen LogP contribution in [-0.4, -0.2) is 31.3 Å². The zero-order valence-corrected chi connectivity index (χ0v) is 15.5. The third kappa shape index (κ3) is 3.93. The van der Waals surface area contributed by atoms with Gasteiger partial charge in [-0.25, -0.2) is 22.3 Å². The molecule has 0 atom stereocenters. The number of sulfonamides is 1. The van der Waals surface area contributed by atoms with Crippen molar-refractivity contribution in [2.45, 2.75) is 4.90 Å². The van der Waals surface area contributed by atoms with Crippen LogP contribution < -0.4 is 4.72 Å². The van der Waals surface area contributed by atoms with E-state index in [9.17, 15) is 17.6 Å². The largest absolute Gasteiger partial charge is 0.465 e. The van der Waals surface area contributed by atoms with Gasteiger partial charge in [-0.3, -0.25) is 4.72 Å². The molecule has 0 saturated heterocycles. The van der Waals surface area contributed by atoms with Gasteiger partial charge in [-0.2, -0.15) is 5.10 Å². The first-order valence-electron chi connectivity index (χ1n) is 7.52. The van der Waals surface area contributed by atoms with Crippen LogP contribution in [0.1, 0.15) is 10.4 Å². The molecule has 1 heterocycles. The summed E-state index contributed by atoms with van der Waals surface area (Å²) in [5.74, 6) is -1.79. The highest BCUT2D eigenvalue weighted by atomic mass is 35.5. The van der Waals surface area contributed by atoms with Crippen LogP contribution in [0.25, 0.3) is 5.69 Å². The van der Waals surface area contributed by atoms with Gasteiger partial charge in [0.1, 0.15) is 10.7 Å². The molecule has 2 aromatic carbocycles. The van der Waals surface area contributed by atoms with Crippen molar-refractivity contribution in [2.75, 3.05) is 11.8 Å². The van der Waals surface area contributed by atoms with Gasteiger partial charge in [0.15, 0.2) is 0 Å². The van der Waals surface area contributed by atoms with Crippen LogP contribution in [0.5, 0.6) is 0 Å². The highest BCUT2D eigenvalue weighted by Crippen LogP contribution is 2.23. The summed E-state index contributed by atoms with van der Waals surface area (Å²) < 4.78 is 47.2. The topological polar surface area (TPSA) is 90.3 Å². The third-order valence-corrected chi connectivity index (χ3v) is 5.29. The number of nitrogens with one attached hydrogen (secondary N) is 1. The standard InChI is InChI=1S/C17H13ClFN3O4S/c1-26-17(23)11-6-7-14(19)16(8-11)27(24,25)21-12-9-20-22(10-12)15-5-3-2-4-13(15)18/h2-10,21H,1H3. The van der Waals surface area contributed by atoms with Gasteiger partial charge in [-0.1, -0.05) is 23.7 Å². The van der Waals surface area contributed by atoms with Gasteiger partial charge in [0.2, 0.25) is 0 Å². The van der Waals surface area contributed by atoms with Crippen molar-refractivity contribution in [3.63, 3.8) is 0 Å². The predicted molar refractivity (Wildman–Crippen MR) is 97.1 cm³/mol. The van der Waals surface area contributed by atoms with E-state index < -0.39 is 26.7 Å². The molecule has 3 aromatic rings. The average Bonchev–Trinajstić information content (AvgIpc) is 3.09. The number of carbonyl (C=O) groups excluding carboxylic acids is 1. The first-order chi connectivity index (χ1) is 12.8. The summed E-state index contributed by atoms with van der Waals surface area (Å²) in [6, 6.07) is 9.78. The Balaban J connectivity index is 1.92. The SMILES string of the molecule is COC(=O)c1ccc(F)c(S(=O)(=O)Nc2cnn(-c3ccccc3Cl)c2)c1. The summed E-state index contributed by atoms with van der Waals surface area (Å²) in [5, 5.41) is 4.47. The molecule has 0 unspecified atom stereocenters. The normalized spacial score (nSPS) is 11.2. The summed E-state index contributed by atoms with van der Waals surface area (Å²) in [5.41, 5.74) is 0.548. The van der Waals surface area contributed by atoms with Crippen LogP contribution in [-0.2, 0) is 14.8 Å². The van der Waals surface area contributed by atoms with Crippen molar-refractivity contribution in [3.05, 3.63) is 71.3 Å². The van der Waals surface area contributed by atoms with Crippen molar-refractivity contribution in [3.8, 4) is 5.69 Å². The lowest BCUT2D eigenvalue weighted by molar-refractivity contribution is 0.0600. The van der Waals surface area contributed by atoms with Gasteiger partial charge < -0.3 is 4.74 Å². The Morgan fingerprint density at radius 1 is 1.26 bits per heavy atom. The minimum absolute atomic E-state index is 0.0916. The maximum Gasteiger partial charge on any atom is 0.337 e. The van der Waals surface area contributed by atoms with Gasteiger partial charge >= 0.3 is 5.97 Å². The molecule has 0 spiro atoms. The lowest BCUT2D eigenvalue weighted by atomic mass is 10.2. The van der Waals surface area contributed by atoms with E-state index in [1.54, 1.807) is 24.3 Å². The van der Waals surface area contributed by atoms with Crippen molar-refractivity contribution in [1.82, 2.24) is 9.78 Å². The molecule has 7 nitrogen and oxygen atoms in total. The molecule has 1 aromatic heterocycles. The summed E-state index contributed by atoms with van der Waals surface area (Å²) in [4.78, 5) is 10.9. The molecular formula is C17H13ClFN3O4S. The second-order valence-electron chi connectivity index (χ2n) is 5.37. The molecule has 1 N–H and O–H groups in total. The summed E-state index contributed by atoms with van der Waals surface area (Å²) in [7, 11) is -3.17. The molecule has 0 saturated carbocycles. The number of rotatable bonds is 5. The second kappa shape index (κ2) is 7.37. The lowest BCUT2D eigenvalue weighted by Crippen LogP contribution is -2.15. The Labute approximate surface area is 159 Å². The fourth-order valence-electron chi connectivity index (χ4n) is 2.31. The predicted octanol–water partition coefficient (Wildman–Crippen LogP) is 3.25. The van der Waals surface area contributed by atoms with E-state index in [0.717, 1.165) is 25.3 Å². The average molecular weight is 410 g/mol. The molecule has 0 aliphatic carbocycles. The van der Waals surface area contributed by atoms with E-state index in [1.807, 2.05) is 0 Å². The van der Waals surface area contributed by atoms with E-state index in [0.29, 0.717) is 10.7 Å². The van der Waals surface area contributed by atoms with E-state index in [2.05, 4.69) is 14.6 Å². The quantitative estimate of drug-likeness (QED) is 0.653. The monoisotopic (exact) mass is 409 g/mol. The van der Waals surface area contributed by atoms with Gasteiger partial charge in [0.25, 0.3) is 10.0 Å². The smallest absolute Gasteiger partial charge is 0.337 e. The Kier molecular flexibility index (Phi) is 5.15. The van der Waals surface area contributed by atoms with Crippen molar-refractivity contribution in [1.29, 1.82) is 0 Å². The van der Waals surface area contributed by atoms with Crippen molar-refractivity contribution >= 4 is 33.3 Å². The van der Waals surface area contributed by atoms with Crippen LogP contribution in [0.2, 0.25) is 5.02 Å². The summed E-state index contributed by atoms with van der Waals surface area (Å²) >= 11 is 6.09. The molecule has 3 rings (SSSR count). The van der Waals surface area contributed by atoms with Gasteiger partial charge in [0, 0.05) is 0 Å². The van der Waals surface area contributed by atoms with E-state index in [4.69, 9.17) is 11.6 Å². The summed E-state index contributed by atoms with van der Waals surface area (Å²) in [6.07, 6.45) is 2.64. The van der Waals surface area contributed by atoms with E-state index in [-0.39, 0.29) is 11.3 Å². The van der Waals surface area contributed by atoms with Gasteiger partial charge in [-0.05, 0) is 30.3 Å². The number of benzene rings is 2. The Morgan fingerprint density at radius 3 is 2.70 bits per heavy atom. The lowest BCUT2D eigenvalue weighted by Gasteiger charge is -2.08. The van der Waals surface area contributed by atoms with E-state index >= 15 is 0 Å². The molecule has 140 valence electrons. The van der Waals surface area contributed by atoms with Gasteiger partial charge in [0.05, 0.1) is 41.5 Å². The maximum absolute atomic E-state index is 14.0. The zero-order valence-electron chi connectivity index (χ0n) is 13.9. The van der Waals surface area contributed by atoms with E-state index in [1.165, 1.54) is 17.1 Å². The number of nitrogens with zero attached hydrogens (tertiary/aromatic N) is 2. The first-order valence-corrected chi connectivity index (χ1v) is 9.38. The number of halogens is 2. The number of ether oxygens (including phenoxy) is 1. The third-order valence-electron chi connectivity index (χ3n) is 3.58. The molecule has 0 bridgehead atoms. The fraction of sp³-hybridized carbons (Fsp3) is 0.0588. The number of hydrogen-bond donors (Lipinski definition) is 1. The number of para-hydroxylation sites is 1. The van der Waals surface area contributed by atoms with Gasteiger partial charge in [-0.15, -0.1) is 0 Å². The fourth-order valence-corrected chi connectivity index (χ4v) is 3.66. The highest BCUT2D eigenvalue weighted by Gasteiger charge is 2.22. The minimum Gasteiger partial charge on any atom is -0.465 e. The van der Waals surface area contributed by atoms with Crippen LogP contribution in [0.3, 0.4) is 0 Å². The minimum atomic E-state index is -4.31. The van der Waals surface area contributed by atoms with Crippen LogP contribution in [0.15, 0.2) is 59.8 Å².